The topological polar surface area (TPSA) is 102 Å². The van der Waals surface area contributed by atoms with E-state index in [2.05, 4.69) is 30.7 Å². The monoisotopic (exact) mass is 482 g/mol. The molecular weight excluding hydrogens is 459 g/mol. The van der Waals surface area contributed by atoms with Gasteiger partial charge < -0.3 is 14.5 Å². The van der Waals surface area contributed by atoms with Crippen molar-refractivity contribution in [2.75, 3.05) is 5.32 Å². The van der Waals surface area contributed by atoms with Gasteiger partial charge in [0.1, 0.15) is 11.6 Å². The van der Waals surface area contributed by atoms with Crippen LogP contribution in [0.15, 0.2) is 53.2 Å². The number of hydrogen-bond acceptors (Lipinski definition) is 7. The van der Waals surface area contributed by atoms with Gasteiger partial charge in [-0.25, -0.2) is 9.37 Å². The van der Waals surface area contributed by atoms with Crippen molar-refractivity contribution in [1.82, 2.24) is 25.4 Å². The van der Waals surface area contributed by atoms with Crippen molar-refractivity contribution in [2.45, 2.75) is 50.5 Å². The molecular formula is C24H24ClFN6O2. The molecule has 1 aromatic carbocycles. The van der Waals surface area contributed by atoms with Gasteiger partial charge in [0.05, 0.1) is 22.7 Å². The normalized spacial score (nSPS) is 20.3. The van der Waals surface area contributed by atoms with Gasteiger partial charge in [-0.1, -0.05) is 23.7 Å². The summed E-state index contributed by atoms with van der Waals surface area (Å²) >= 11 is 5.90. The van der Waals surface area contributed by atoms with Crippen LogP contribution in [0, 0.1) is 12.7 Å². The van der Waals surface area contributed by atoms with E-state index < -0.39 is 5.82 Å². The fourth-order valence-corrected chi connectivity index (χ4v) is 4.62. The smallest absolute Gasteiger partial charge is 0.223 e. The molecule has 0 aliphatic heterocycles. The molecule has 10 heteroatoms. The molecule has 34 heavy (non-hydrogen) atoms. The second-order valence-electron chi connectivity index (χ2n) is 8.60. The summed E-state index contributed by atoms with van der Waals surface area (Å²) in [5, 5.41) is 18.4. The van der Waals surface area contributed by atoms with Crippen LogP contribution in [0.4, 0.5) is 16.0 Å². The lowest BCUT2D eigenvalue weighted by atomic mass is 9.69. The molecule has 5 rings (SSSR count). The second-order valence-corrected chi connectivity index (χ2v) is 9.01. The van der Waals surface area contributed by atoms with Crippen molar-refractivity contribution in [3.8, 4) is 5.75 Å². The number of ether oxygens (including phenoxy) is 1. The molecule has 1 saturated carbocycles. The zero-order chi connectivity index (χ0) is 23.5. The van der Waals surface area contributed by atoms with Crippen LogP contribution in [0.1, 0.15) is 43.0 Å². The van der Waals surface area contributed by atoms with Crippen LogP contribution < -0.4 is 10.1 Å². The minimum Gasteiger partial charge on any atom is -0.487 e. The van der Waals surface area contributed by atoms with E-state index in [1.165, 1.54) is 6.07 Å². The Morgan fingerprint density at radius 3 is 2.74 bits per heavy atom. The summed E-state index contributed by atoms with van der Waals surface area (Å²) in [4.78, 5) is 4.53. The van der Waals surface area contributed by atoms with Crippen LogP contribution in [0.5, 0.6) is 5.75 Å². The summed E-state index contributed by atoms with van der Waals surface area (Å²) in [7, 11) is 0. The van der Waals surface area contributed by atoms with Gasteiger partial charge in [-0.15, -0.1) is 10.2 Å². The van der Waals surface area contributed by atoms with Crippen molar-refractivity contribution >= 4 is 23.2 Å². The number of halogens is 2. The molecule has 0 atom stereocenters. The van der Waals surface area contributed by atoms with E-state index in [1.807, 2.05) is 24.4 Å². The first-order chi connectivity index (χ1) is 16.5. The lowest BCUT2D eigenvalue weighted by Crippen LogP contribution is -2.38. The first-order valence-electron chi connectivity index (χ1n) is 11.1. The Morgan fingerprint density at radius 2 is 2.06 bits per heavy atom. The Morgan fingerprint density at radius 1 is 1.21 bits per heavy atom. The maximum Gasteiger partial charge on any atom is 0.223 e. The second kappa shape index (κ2) is 9.42. The predicted octanol–water partition coefficient (Wildman–Crippen LogP) is 5.53. The molecule has 0 bridgehead atoms. The molecule has 0 unspecified atom stereocenters. The zero-order valence-electron chi connectivity index (χ0n) is 18.6. The first kappa shape index (κ1) is 22.3. The summed E-state index contributed by atoms with van der Waals surface area (Å²) in [6.45, 7) is 1.79. The number of aromatic amines is 1. The number of pyridine rings is 1. The number of rotatable bonds is 7. The molecule has 8 nitrogen and oxygen atoms in total. The maximum absolute atomic E-state index is 14.3. The third-order valence-electron chi connectivity index (χ3n) is 6.21. The van der Waals surface area contributed by atoms with Crippen molar-refractivity contribution in [3.63, 3.8) is 0 Å². The Balaban J connectivity index is 1.31. The quantitative estimate of drug-likeness (QED) is 0.357. The summed E-state index contributed by atoms with van der Waals surface area (Å²) < 4.78 is 26.2. The largest absolute Gasteiger partial charge is 0.487 e. The highest BCUT2D eigenvalue weighted by molar-refractivity contribution is 6.30. The highest BCUT2D eigenvalue weighted by atomic mass is 35.5. The van der Waals surface area contributed by atoms with Gasteiger partial charge in [0.25, 0.3) is 0 Å². The lowest BCUT2D eigenvalue weighted by molar-refractivity contribution is 0.0995. The summed E-state index contributed by atoms with van der Waals surface area (Å²) in [6.07, 6.45) is 7.07. The molecule has 2 N–H and O–H groups in total. The van der Waals surface area contributed by atoms with E-state index in [9.17, 15) is 4.39 Å². The number of hydrogen-bond donors (Lipinski definition) is 2. The molecule has 1 aliphatic rings. The van der Waals surface area contributed by atoms with Gasteiger partial charge in [0.2, 0.25) is 11.8 Å². The van der Waals surface area contributed by atoms with Gasteiger partial charge >= 0.3 is 0 Å². The van der Waals surface area contributed by atoms with Crippen LogP contribution in [-0.4, -0.2) is 31.5 Å². The Bertz CT molecular complexity index is 1240. The van der Waals surface area contributed by atoms with Gasteiger partial charge in [-0.05, 0) is 55.9 Å². The molecule has 0 saturated heterocycles. The predicted molar refractivity (Wildman–Crippen MR) is 125 cm³/mol. The minimum atomic E-state index is -0.525. The first-order valence-corrected chi connectivity index (χ1v) is 11.5. The Kier molecular flexibility index (Phi) is 6.19. The van der Waals surface area contributed by atoms with Crippen LogP contribution in [0.25, 0.3) is 0 Å². The molecule has 1 fully saturated rings. The molecule has 4 aromatic rings. The van der Waals surface area contributed by atoms with Crippen LogP contribution in [0.3, 0.4) is 0 Å². The molecule has 0 amide bonds. The van der Waals surface area contributed by atoms with Gasteiger partial charge in [0.15, 0.2) is 11.6 Å². The maximum atomic E-state index is 14.3. The highest BCUT2D eigenvalue weighted by Crippen LogP contribution is 2.43. The Hall–Kier alpha value is -3.46. The third kappa shape index (κ3) is 4.75. The fourth-order valence-electron chi connectivity index (χ4n) is 4.45. The van der Waals surface area contributed by atoms with Crippen LogP contribution >= 0.6 is 11.6 Å². The molecule has 1 aliphatic carbocycles. The molecule has 0 spiro atoms. The van der Waals surface area contributed by atoms with Gasteiger partial charge in [-0.3, -0.25) is 5.10 Å². The summed E-state index contributed by atoms with van der Waals surface area (Å²) in [5.41, 5.74) is 0.722. The standard InChI is InChI=1S/C24H24ClFN6O2/c1-15-30-32-23(33-15)24(13-16-5-6-20(27-14-16)29-21-9-12-28-31-21)10-7-17(8-11-24)34-19-4-2-3-18(25)22(19)26/h2-6,9,12,14,17H,7-8,10-11,13H2,1H3,(H2,27,28,29,31). The van der Waals surface area contributed by atoms with Gasteiger partial charge in [-0.2, -0.15) is 5.10 Å². The van der Waals surface area contributed by atoms with Crippen molar-refractivity contribution in [2.24, 2.45) is 0 Å². The molecule has 3 heterocycles. The third-order valence-corrected chi connectivity index (χ3v) is 6.50. The average Bonchev–Trinajstić information content (AvgIpc) is 3.52. The number of benzene rings is 1. The van der Waals surface area contributed by atoms with E-state index in [-0.39, 0.29) is 22.3 Å². The van der Waals surface area contributed by atoms with Crippen LogP contribution in [0.2, 0.25) is 5.02 Å². The minimum absolute atomic E-state index is 0.0574. The summed E-state index contributed by atoms with van der Waals surface area (Å²) in [6, 6.07) is 10.6. The number of aromatic nitrogens is 5. The highest BCUT2D eigenvalue weighted by Gasteiger charge is 2.42. The molecule has 0 radical (unpaired) electrons. The van der Waals surface area contributed by atoms with Crippen molar-refractivity contribution in [1.29, 1.82) is 0 Å². The Labute approximate surface area is 200 Å². The van der Waals surface area contributed by atoms with E-state index >= 15 is 0 Å². The van der Waals surface area contributed by atoms with E-state index in [0.29, 0.717) is 18.2 Å². The lowest BCUT2D eigenvalue weighted by Gasteiger charge is -2.37. The van der Waals surface area contributed by atoms with Crippen molar-refractivity contribution in [3.05, 3.63) is 77.0 Å². The van der Waals surface area contributed by atoms with Crippen LogP contribution in [-0.2, 0) is 11.8 Å². The van der Waals surface area contributed by atoms with Crippen molar-refractivity contribution < 1.29 is 13.5 Å². The van der Waals surface area contributed by atoms with Gasteiger partial charge in [0, 0.05) is 19.2 Å². The number of nitrogens with zero attached hydrogens (tertiary/aromatic N) is 4. The number of H-pyrrole nitrogens is 1. The van der Waals surface area contributed by atoms with E-state index in [4.69, 9.17) is 20.8 Å². The van der Waals surface area contributed by atoms with E-state index in [0.717, 1.165) is 42.9 Å². The molecule has 3 aromatic heterocycles. The van der Waals surface area contributed by atoms with E-state index in [1.54, 1.807) is 25.3 Å². The zero-order valence-corrected chi connectivity index (χ0v) is 19.3. The number of nitrogens with one attached hydrogen (secondary N) is 2. The average molecular weight is 483 g/mol. The summed E-state index contributed by atoms with van der Waals surface area (Å²) in [5.74, 6) is 2.30. The number of aryl methyl sites for hydroxylation is 1. The molecule has 176 valence electrons. The fraction of sp³-hybridized carbons (Fsp3) is 0.333. The SMILES string of the molecule is Cc1nnc(C2(Cc3ccc(Nc4ccn[nH]4)nc3)CCC(Oc3cccc(Cl)c3F)CC2)o1. The number of anilines is 2.